The number of benzene rings is 2. The summed E-state index contributed by atoms with van der Waals surface area (Å²) < 4.78 is 0. The molecule has 0 spiro atoms. The molecule has 0 unspecified atom stereocenters. The van der Waals surface area contributed by atoms with Gasteiger partial charge in [-0.3, -0.25) is 19.8 Å². The van der Waals surface area contributed by atoms with Crippen molar-refractivity contribution in [1.82, 2.24) is 10.2 Å². The Morgan fingerprint density at radius 1 is 1.04 bits per heavy atom. The van der Waals surface area contributed by atoms with E-state index in [1.54, 1.807) is 42.5 Å². The van der Waals surface area contributed by atoms with Crippen LogP contribution in [0.1, 0.15) is 17.3 Å². The lowest BCUT2D eigenvalue weighted by molar-refractivity contribution is 0.101. The van der Waals surface area contributed by atoms with Crippen molar-refractivity contribution < 1.29 is 9.90 Å². The van der Waals surface area contributed by atoms with Gasteiger partial charge in [0.1, 0.15) is 5.75 Å². The fourth-order valence-electron chi connectivity index (χ4n) is 2.22. The number of phenols is 1. The van der Waals surface area contributed by atoms with Gasteiger partial charge in [0, 0.05) is 11.1 Å². The third-order valence-electron chi connectivity index (χ3n) is 3.44. The lowest BCUT2D eigenvalue weighted by atomic mass is 10.1. The van der Waals surface area contributed by atoms with Gasteiger partial charge in [-0.15, -0.1) is 5.11 Å². The quantitative estimate of drug-likeness (QED) is 0.503. The van der Waals surface area contributed by atoms with Crippen molar-refractivity contribution in [2.24, 2.45) is 10.2 Å². The van der Waals surface area contributed by atoms with E-state index in [4.69, 9.17) is 0 Å². The largest absolute Gasteiger partial charge is 0.507 e. The average Bonchev–Trinajstić information content (AvgIpc) is 2.94. The maximum atomic E-state index is 11.9. The molecule has 0 fully saturated rings. The van der Waals surface area contributed by atoms with Gasteiger partial charge in [0.25, 0.3) is 5.56 Å². The van der Waals surface area contributed by atoms with Crippen LogP contribution in [0, 0.1) is 0 Å². The second-order valence-corrected chi connectivity index (χ2v) is 5.13. The number of rotatable bonds is 4. The number of aromatic nitrogens is 2. The van der Waals surface area contributed by atoms with Crippen molar-refractivity contribution in [3.63, 3.8) is 0 Å². The van der Waals surface area contributed by atoms with Crippen LogP contribution in [0.2, 0.25) is 0 Å². The van der Waals surface area contributed by atoms with E-state index in [0.29, 0.717) is 22.5 Å². The van der Waals surface area contributed by atoms with Crippen LogP contribution >= 0.6 is 0 Å². The van der Waals surface area contributed by atoms with E-state index in [1.165, 1.54) is 13.0 Å². The van der Waals surface area contributed by atoms with Gasteiger partial charge in [-0.25, -0.2) is 0 Å². The summed E-state index contributed by atoms with van der Waals surface area (Å²) in [5.74, 6) is -0.0655. The lowest BCUT2D eigenvalue weighted by Crippen LogP contribution is -1.96. The summed E-state index contributed by atoms with van der Waals surface area (Å²) in [6.07, 6.45) is 0. The molecule has 7 nitrogen and oxygen atoms in total. The number of phenolic OH excluding ortho intramolecular Hbond substituents is 1. The van der Waals surface area contributed by atoms with E-state index in [2.05, 4.69) is 20.4 Å². The molecule has 3 aromatic rings. The maximum absolute atomic E-state index is 11.9. The number of H-pyrrole nitrogens is 2. The van der Waals surface area contributed by atoms with Crippen molar-refractivity contribution in [3.8, 4) is 17.0 Å². The number of nitrogens with zero attached hydrogens (tertiary/aromatic N) is 2. The number of para-hydroxylation sites is 1. The minimum Gasteiger partial charge on any atom is -0.507 e. The first kappa shape index (κ1) is 15.4. The highest BCUT2D eigenvalue weighted by atomic mass is 16.3. The Bertz CT molecular complexity index is 985. The summed E-state index contributed by atoms with van der Waals surface area (Å²) in [6, 6.07) is 13.2. The minimum atomic E-state index is -0.459. The highest BCUT2D eigenvalue weighted by Crippen LogP contribution is 2.32. The monoisotopic (exact) mass is 322 g/mol. The Hall–Kier alpha value is -3.48. The summed E-state index contributed by atoms with van der Waals surface area (Å²) in [5.41, 5.74) is 1.32. The number of aromatic amines is 2. The zero-order chi connectivity index (χ0) is 17.1. The van der Waals surface area contributed by atoms with Crippen LogP contribution in [0.4, 0.5) is 11.4 Å². The molecule has 0 atom stereocenters. The van der Waals surface area contributed by atoms with Gasteiger partial charge in [-0.05, 0) is 31.2 Å². The molecule has 120 valence electrons. The van der Waals surface area contributed by atoms with Crippen LogP contribution in [0.15, 0.2) is 63.6 Å². The van der Waals surface area contributed by atoms with Crippen LogP contribution < -0.4 is 5.56 Å². The molecular formula is C17H14N4O3. The first-order valence-electron chi connectivity index (χ1n) is 7.18. The molecule has 24 heavy (non-hydrogen) atoms. The highest BCUT2D eigenvalue weighted by molar-refractivity contribution is 5.94. The van der Waals surface area contributed by atoms with Crippen molar-refractivity contribution in [3.05, 3.63) is 64.4 Å². The number of azo groups is 1. The third kappa shape index (κ3) is 3.00. The number of carbonyl (C=O) groups excluding carboxylic acids is 1. The van der Waals surface area contributed by atoms with Gasteiger partial charge < -0.3 is 5.11 Å². The summed E-state index contributed by atoms with van der Waals surface area (Å²) in [5, 5.41) is 23.1. The predicted octanol–water partition coefficient (Wildman–Crippen LogP) is 3.69. The summed E-state index contributed by atoms with van der Waals surface area (Å²) in [6.45, 7) is 1.46. The summed E-state index contributed by atoms with van der Waals surface area (Å²) in [7, 11) is 0. The molecule has 1 aromatic heterocycles. The molecule has 3 rings (SSSR count). The first-order valence-corrected chi connectivity index (χ1v) is 7.18. The standard InChI is InChI=1S/C17H14N4O3/c1-10(22)11-5-4-6-12(9-11)18-20-16-15(19-21-17(16)24)13-7-2-3-8-14(13)23/h2-9,23H,1H3,(H2,19,21,24). The van der Waals surface area contributed by atoms with E-state index < -0.39 is 5.56 Å². The molecule has 0 aliphatic heterocycles. The minimum absolute atomic E-state index is 0.0165. The maximum Gasteiger partial charge on any atom is 0.292 e. The van der Waals surface area contributed by atoms with Crippen LogP contribution in [0.3, 0.4) is 0 Å². The second kappa shape index (κ2) is 6.33. The smallest absolute Gasteiger partial charge is 0.292 e. The molecule has 0 radical (unpaired) electrons. The Balaban J connectivity index is 2.01. The number of Topliss-reactive ketones (excluding diaryl/α,β-unsaturated/α-hetero) is 1. The highest BCUT2D eigenvalue weighted by Gasteiger charge is 2.14. The number of carbonyl (C=O) groups is 1. The molecule has 7 heteroatoms. The molecule has 0 aliphatic carbocycles. The fourth-order valence-corrected chi connectivity index (χ4v) is 2.22. The van der Waals surface area contributed by atoms with Gasteiger partial charge in [-0.2, -0.15) is 5.11 Å². The molecule has 0 aliphatic rings. The molecule has 2 aromatic carbocycles. The SMILES string of the molecule is CC(=O)c1cccc(N=Nc2c(-c3ccccc3O)[nH][nH]c2=O)c1. The number of hydrogen-bond acceptors (Lipinski definition) is 5. The normalized spacial score (nSPS) is 11.0. The first-order chi connectivity index (χ1) is 11.6. The van der Waals surface area contributed by atoms with E-state index in [1.807, 2.05) is 0 Å². The Morgan fingerprint density at radius 2 is 1.83 bits per heavy atom. The van der Waals surface area contributed by atoms with Crippen LogP contribution in [-0.2, 0) is 0 Å². The van der Waals surface area contributed by atoms with Crippen LogP contribution in [0.25, 0.3) is 11.3 Å². The Labute approximate surface area is 136 Å². The zero-order valence-electron chi connectivity index (χ0n) is 12.8. The van der Waals surface area contributed by atoms with E-state index in [-0.39, 0.29) is 17.2 Å². The van der Waals surface area contributed by atoms with Crippen LogP contribution in [-0.4, -0.2) is 21.1 Å². The molecule has 0 amide bonds. The van der Waals surface area contributed by atoms with Crippen molar-refractivity contribution >= 4 is 17.2 Å². The van der Waals surface area contributed by atoms with Gasteiger partial charge in [0.05, 0.1) is 11.4 Å². The lowest BCUT2D eigenvalue weighted by Gasteiger charge is -2.01. The Morgan fingerprint density at radius 3 is 2.58 bits per heavy atom. The topological polar surface area (TPSA) is 111 Å². The van der Waals surface area contributed by atoms with Gasteiger partial charge >= 0.3 is 0 Å². The molecule has 0 saturated carbocycles. The average molecular weight is 322 g/mol. The summed E-state index contributed by atoms with van der Waals surface area (Å²) in [4.78, 5) is 23.3. The van der Waals surface area contributed by atoms with Crippen molar-refractivity contribution in [2.75, 3.05) is 0 Å². The van der Waals surface area contributed by atoms with Crippen LogP contribution in [0.5, 0.6) is 5.75 Å². The molecule has 0 bridgehead atoms. The summed E-state index contributed by atoms with van der Waals surface area (Å²) >= 11 is 0. The third-order valence-corrected chi connectivity index (χ3v) is 3.44. The Kier molecular flexibility index (Phi) is 4.07. The van der Waals surface area contributed by atoms with Gasteiger partial charge in [0.2, 0.25) is 0 Å². The predicted molar refractivity (Wildman–Crippen MR) is 89.1 cm³/mol. The molecular weight excluding hydrogens is 308 g/mol. The number of hydrogen-bond donors (Lipinski definition) is 3. The number of nitrogens with one attached hydrogen (secondary N) is 2. The second-order valence-electron chi connectivity index (χ2n) is 5.13. The van der Waals surface area contributed by atoms with Crippen molar-refractivity contribution in [2.45, 2.75) is 6.92 Å². The van der Waals surface area contributed by atoms with Gasteiger partial charge in [-0.1, -0.05) is 24.3 Å². The molecule has 3 N–H and O–H groups in total. The van der Waals surface area contributed by atoms with E-state index in [0.717, 1.165) is 0 Å². The zero-order valence-corrected chi connectivity index (χ0v) is 12.8. The number of aromatic hydroxyl groups is 1. The van der Waals surface area contributed by atoms with E-state index in [9.17, 15) is 14.7 Å². The molecule has 0 saturated heterocycles. The van der Waals surface area contributed by atoms with Gasteiger partial charge in [0.15, 0.2) is 11.5 Å². The number of ketones is 1. The molecule has 1 heterocycles. The van der Waals surface area contributed by atoms with E-state index >= 15 is 0 Å². The fraction of sp³-hybridized carbons (Fsp3) is 0.0588. The van der Waals surface area contributed by atoms with Crippen molar-refractivity contribution in [1.29, 1.82) is 0 Å².